The summed E-state index contributed by atoms with van der Waals surface area (Å²) in [4.78, 5) is 119. The van der Waals surface area contributed by atoms with Crippen LogP contribution in [0, 0.1) is 12.8 Å². The highest BCUT2D eigenvalue weighted by atomic mass is 32.5. The summed E-state index contributed by atoms with van der Waals surface area (Å²) in [5, 5.41) is 10.3. The minimum Gasteiger partial charge on any atom is -0.390 e. The number of aliphatic hydroxyl groups excluding tert-OH is 1. The second kappa shape index (κ2) is 36.2. The lowest BCUT2D eigenvalue weighted by Gasteiger charge is -2.25. The third-order valence-electron chi connectivity index (χ3n) is 11.3. The van der Waals surface area contributed by atoms with Crippen molar-refractivity contribution in [3.05, 3.63) is 49.3 Å². The van der Waals surface area contributed by atoms with Crippen molar-refractivity contribution in [3.63, 3.8) is 0 Å². The zero-order valence-corrected chi connectivity index (χ0v) is 56.1. The van der Waals surface area contributed by atoms with E-state index in [1.807, 2.05) is 0 Å². The Kier molecular flexibility index (Phi) is 32.3. The number of phosphoric ester groups is 6. The summed E-state index contributed by atoms with van der Waals surface area (Å²) in [5.74, 6) is 0.623. The fourth-order valence-electron chi connectivity index (χ4n) is 7.10. The minimum atomic E-state index is -4.89. The lowest BCUT2D eigenvalue weighted by atomic mass is 10.2. The van der Waals surface area contributed by atoms with Crippen molar-refractivity contribution in [1.29, 1.82) is 0 Å². The van der Waals surface area contributed by atoms with E-state index < -0.39 is 185 Å². The number of ether oxygens (including phenoxy) is 2. The van der Waals surface area contributed by atoms with Gasteiger partial charge in [-0.15, -0.1) is 0 Å². The average molecular weight is 1440 g/mol. The van der Waals surface area contributed by atoms with Gasteiger partial charge in [0, 0.05) is 30.3 Å². The molecule has 5 heterocycles. The second-order valence-electron chi connectivity index (χ2n) is 20.1. The number of H-pyrrole nitrogens is 2. The van der Waals surface area contributed by atoms with Crippen molar-refractivity contribution < 1.29 is 135 Å². The van der Waals surface area contributed by atoms with Crippen LogP contribution >= 0.6 is 53.4 Å². The molecule has 12 N–H and O–H groups in total. The zero-order valence-electron chi connectivity index (χ0n) is 49.0. The Morgan fingerprint density at radius 1 is 0.584 bits per heavy atom. The summed E-state index contributed by atoms with van der Waals surface area (Å²) in [6.07, 6.45) is -5.55. The van der Waals surface area contributed by atoms with Gasteiger partial charge in [0.05, 0.1) is 91.7 Å². The van der Waals surface area contributed by atoms with E-state index in [1.54, 1.807) is 13.8 Å². The number of phosphoric acid groups is 6. The van der Waals surface area contributed by atoms with Gasteiger partial charge in [-0.25, -0.2) is 37.2 Å². The molecule has 47 heteroatoms. The molecule has 13 atom stereocenters. The van der Waals surface area contributed by atoms with Crippen LogP contribution in [0.4, 0.5) is 5.95 Å². The Morgan fingerprint density at radius 2 is 0.966 bits per heavy atom. The van der Waals surface area contributed by atoms with Crippen LogP contribution in [0.2, 0.25) is 0 Å². The first-order chi connectivity index (χ1) is 41.3. The average Bonchev–Trinajstić information content (AvgIpc) is 1.68. The number of nitrogens with one attached hydrogen (secondary N) is 2. The molecule has 8 unspecified atom stereocenters. The first-order valence-corrected chi connectivity index (χ1v) is 38.8. The summed E-state index contributed by atoms with van der Waals surface area (Å²) in [5.41, 5.74) is 3.42. The summed E-state index contributed by atoms with van der Waals surface area (Å²) in [7, 11) is -28.4. The van der Waals surface area contributed by atoms with E-state index in [9.17, 15) is 81.1 Å². The highest BCUT2D eigenvalue weighted by Gasteiger charge is 2.44. The molecular formula is C42H78N7O32P7S. The molecule has 0 aromatic carbocycles. The molecule has 0 spiro atoms. The van der Waals surface area contributed by atoms with Crippen molar-refractivity contribution in [2.45, 2.75) is 129 Å². The molecule has 89 heavy (non-hydrogen) atoms. The van der Waals surface area contributed by atoms with Gasteiger partial charge in [0.2, 0.25) is 5.95 Å². The first kappa shape index (κ1) is 79.4. The van der Waals surface area contributed by atoms with Crippen LogP contribution < -0.4 is 22.5 Å². The number of nitrogens with zero attached hydrogens (tertiary/aromatic N) is 4. The molecule has 2 aliphatic heterocycles. The van der Waals surface area contributed by atoms with E-state index in [0.29, 0.717) is 0 Å². The van der Waals surface area contributed by atoms with E-state index in [-0.39, 0.29) is 74.2 Å². The first-order valence-electron chi connectivity index (χ1n) is 27.1. The summed E-state index contributed by atoms with van der Waals surface area (Å²) >= 11 is 5.19. The minimum absolute atomic E-state index is 0.0422. The standard InChI is InChI=1S/C38H68N7O32P7S.C4H10/c1-25(2)78(50,85)73-23-30-28(20-32(76-30)45-24-40-33-34(45)41-37(39)42-36(33)48)77-84(61,62)72-18-8-16-70-82(57,58)68-14-6-12-66-80(53,54)64-10-4-9-63-79(51,52)65-11-5-13-67-81(55,56)69-15-7-17-71-83(59,60)74-22-29-27(46)19-31(75-29)44-21-26(3)35(47)43-38(44)49;1-4(2)3/h21,24-25,27-32,46H,4-20,22-23H2,1-3H3,(H,50,85)(H,51,52)(H,53,54)(H,55,56)(H,57,58)(H,59,60)(H,61,62)(H,43,47,49)(H3,39,41,42,48);4H,1-3H3/t27-,28?,29-,30+,31-,32+,78?;/m0./s1. The Hall–Kier alpha value is -2.06. The van der Waals surface area contributed by atoms with Gasteiger partial charge in [-0.2, -0.15) is 4.98 Å². The Morgan fingerprint density at radius 3 is 1.39 bits per heavy atom. The topological polar surface area (TPSA) is 547 Å². The number of hydrogen-bond acceptors (Lipinski definition) is 29. The summed E-state index contributed by atoms with van der Waals surface area (Å²) < 4.78 is 152. The summed E-state index contributed by atoms with van der Waals surface area (Å²) in [6, 6.07) is 0. The van der Waals surface area contributed by atoms with Gasteiger partial charge in [-0.1, -0.05) is 34.6 Å². The molecule has 3 aromatic heterocycles. The predicted octanol–water partition coefficient (Wildman–Crippen LogP) is 4.01. The highest BCUT2D eigenvalue weighted by Crippen LogP contribution is 2.53. The number of hydrogen-bond donors (Lipinski definition) is 11. The lowest BCUT2D eigenvalue weighted by molar-refractivity contribution is -0.0466. The molecule has 514 valence electrons. The molecule has 0 saturated carbocycles. The molecule has 0 radical (unpaired) electrons. The van der Waals surface area contributed by atoms with Crippen LogP contribution in [-0.2, 0) is 107 Å². The van der Waals surface area contributed by atoms with Gasteiger partial charge in [0.1, 0.15) is 30.8 Å². The maximum atomic E-state index is 13.0. The van der Waals surface area contributed by atoms with E-state index in [1.165, 1.54) is 24.0 Å². The van der Waals surface area contributed by atoms with E-state index in [4.69, 9.17) is 85.8 Å². The van der Waals surface area contributed by atoms with Crippen molar-refractivity contribution >= 4 is 82.3 Å². The molecule has 2 aliphatic rings. The number of anilines is 1. The van der Waals surface area contributed by atoms with Crippen LogP contribution in [0.25, 0.3) is 11.2 Å². The number of aromatic nitrogens is 6. The van der Waals surface area contributed by atoms with Gasteiger partial charge in [0.15, 0.2) is 17.7 Å². The number of imidazole rings is 1. The lowest BCUT2D eigenvalue weighted by Crippen LogP contribution is -2.33. The van der Waals surface area contributed by atoms with Gasteiger partial charge < -0.3 is 59.1 Å². The van der Waals surface area contributed by atoms with Crippen LogP contribution in [0.5, 0.6) is 0 Å². The Labute approximate surface area is 513 Å². The molecule has 2 saturated heterocycles. The quantitative estimate of drug-likeness (QED) is 0.0282. The second-order valence-corrected chi connectivity index (χ2v) is 32.8. The number of aliphatic hydroxyl groups is 1. The van der Waals surface area contributed by atoms with E-state index in [2.05, 4.69) is 40.7 Å². The predicted molar refractivity (Wildman–Crippen MR) is 312 cm³/mol. The number of aromatic amines is 2. The zero-order chi connectivity index (χ0) is 66.6. The maximum absolute atomic E-state index is 13.0. The van der Waals surface area contributed by atoms with Crippen molar-refractivity contribution in [3.8, 4) is 0 Å². The smallest absolute Gasteiger partial charge is 0.390 e. The molecule has 39 nitrogen and oxygen atoms in total. The third kappa shape index (κ3) is 29.2. The molecular weight excluding hydrogens is 1360 g/mol. The van der Waals surface area contributed by atoms with E-state index >= 15 is 0 Å². The molecule has 0 amide bonds. The number of rotatable bonds is 41. The third-order valence-corrected chi connectivity index (χ3v) is 20.8. The SMILES string of the molecule is CC(C)C.Cc1cn([C@@H]2C[C@H](O)[C@H](COP(=O)(O)OCCCOP(=O)(O)OCCCOP(=O)(O)OCCCOP(=O)(O)OCCCOP(=O)(O)OCCCOP(=O)(O)OC3C[C@H](n4cnc5c(=O)[nH]c(N)nc54)O[C@@H]3COP(O)(=S)C(C)C)O2)c(=O)[nH]c1=O. The van der Waals surface area contributed by atoms with Gasteiger partial charge in [-0.05, 0) is 56.8 Å². The van der Waals surface area contributed by atoms with Crippen molar-refractivity contribution in [2.75, 3.05) is 85.0 Å². The fourth-order valence-corrected chi connectivity index (χ4v) is 12.9. The van der Waals surface area contributed by atoms with Crippen molar-refractivity contribution in [2.24, 2.45) is 5.92 Å². The Balaban J connectivity index is 0.00000410. The van der Waals surface area contributed by atoms with E-state index in [0.717, 1.165) is 10.5 Å². The highest BCUT2D eigenvalue weighted by molar-refractivity contribution is 8.09. The van der Waals surface area contributed by atoms with Crippen LogP contribution in [0.3, 0.4) is 0 Å². The summed E-state index contributed by atoms with van der Waals surface area (Å²) in [6.45, 7) is 1.74. The number of nitrogens with two attached hydrogens (primary N) is 1. The monoisotopic (exact) mass is 1440 g/mol. The van der Waals surface area contributed by atoms with Gasteiger partial charge >= 0.3 is 52.6 Å². The normalized spacial score (nSPS) is 23.6. The Bertz CT molecular complexity index is 3260. The van der Waals surface area contributed by atoms with Crippen LogP contribution in [0.1, 0.15) is 97.6 Å². The molecule has 0 bridgehead atoms. The maximum Gasteiger partial charge on any atom is 0.472 e. The molecule has 3 aromatic rings. The number of fused-ring (bicyclic) bond motifs is 1. The number of aryl methyl sites for hydroxylation is 1. The molecule has 2 fully saturated rings. The van der Waals surface area contributed by atoms with Crippen molar-refractivity contribution in [1.82, 2.24) is 29.1 Å². The molecule has 0 aliphatic carbocycles. The van der Waals surface area contributed by atoms with Crippen LogP contribution in [-0.4, -0.2) is 178 Å². The number of nitrogen functional groups attached to an aromatic ring is 1. The fraction of sp³-hybridized carbons (Fsp3) is 0.786. The largest absolute Gasteiger partial charge is 0.472 e. The van der Waals surface area contributed by atoms with Crippen LogP contribution in [0.15, 0.2) is 26.9 Å². The molecule has 5 rings (SSSR count). The van der Waals surface area contributed by atoms with Gasteiger partial charge in [-0.3, -0.25) is 83.0 Å². The van der Waals surface area contributed by atoms with Gasteiger partial charge in [0.25, 0.3) is 11.1 Å².